The number of thioether (sulfide) groups is 1. The lowest BCUT2D eigenvalue weighted by Gasteiger charge is -2.20. The summed E-state index contributed by atoms with van der Waals surface area (Å²) in [7, 11) is 0. The van der Waals surface area contributed by atoms with E-state index < -0.39 is 0 Å². The highest BCUT2D eigenvalue weighted by Gasteiger charge is 2.24. The average molecular weight is 279 g/mol. The van der Waals surface area contributed by atoms with Gasteiger partial charge >= 0.3 is 0 Å². The normalized spacial score (nSPS) is 19.1. The molecule has 2 aliphatic heterocycles. The molecule has 0 aliphatic carbocycles. The van der Waals surface area contributed by atoms with Crippen molar-refractivity contribution in [1.29, 1.82) is 0 Å². The lowest BCUT2D eigenvalue weighted by atomic mass is 10.2. The molecular weight excluding hydrogens is 262 g/mol. The number of aromatic nitrogens is 2. The molecule has 0 aromatic carbocycles. The van der Waals surface area contributed by atoms with Crippen molar-refractivity contribution >= 4 is 17.7 Å². The molecule has 0 spiro atoms. The maximum atomic E-state index is 12.4. The van der Waals surface area contributed by atoms with Gasteiger partial charge in [0.15, 0.2) is 5.16 Å². The zero-order valence-corrected chi connectivity index (χ0v) is 11.6. The second kappa shape index (κ2) is 5.36. The minimum absolute atomic E-state index is 0.147. The van der Waals surface area contributed by atoms with Crippen LogP contribution in [-0.2, 0) is 6.54 Å². The van der Waals surface area contributed by atoms with E-state index in [4.69, 9.17) is 0 Å². The molecule has 1 saturated heterocycles. The number of hydrogen-bond acceptors (Lipinski definition) is 4. The van der Waals surface area contributed by atoms with Crippen molar-refractivity contribution in [2.75, 3.05) is 18.8 Å². The van der Waals surface area contributed by atoms with Gasteiger partial charge in [-0.05, 0) is 12.8 Å². The number of nitrogens with zero attached hydrogens (tertiary/aromatic N) is 3. The highest BCUT2D eigenvalue weighted by atomic mass is 32.2. The second-order valence-corrected chi connectivity index (χ2v) is 6.03. The molecule has 0 bridgehead atoms. The number of likely N-dealkylation sites (tertiary alicyclic amines) is 1. The summed E-state index contributed by atoms with van der Waals surface area (Å²) in [6, 6.07) is 0. The van der Waals surface area contributed by atoms with E-state index in [-0.39, 0.29) is 17.0 Å². The van der Waals surface area contributed by atoms with Crippen molar-refractivity contribution in [1.82, 2.24) is 14.5 Å². The van der Waals surface area contributed by atoms with Crippen LogP contribution in [0, 0.1) is 0 Å². The van der Waals surface area contributed by atoms with Gasteiger partial charge < -0.3 is 4.90 Å². The Bertz CT molecular complexity index is 547. The smallest absolute Gasteiger partial charge is 0.267 e. The number of hydrogen-bond donors (Lipinski definition) is 0. The summed E-state index contributed by atoms with van der Waals surface area (Å²) in [5, 5.41) is 0.734. The number of amides is 1. The molecule has 3 rings (SSSR count). The largest absolute Gasteiger partial charge is 0.338 e. The van der Waals surface area contributed by atoms with Crippen molar-refractivity contribution in [3.05, 3.63) is 22.1 Å². The van der Waals surface area contributed by atoms with Gasteiger partial charge in [0.05, 0.1) is 0 Å². The van der Waals surface area contributed by atoms with Crippen molar-refractivity contribution < 1.29 is 4.79 Å². The molecule has 1 amide bonds. The minimum atomic E-state index is -0.177. The Morgan fingerprint density at radius 3 is 2.63 bits per heavy atom. The molecule has 5 nitrogen and oxygen atoms in total. The van der Waals surface area contributed by atoms with Crippen molar-refractivity contribution in [2.24, 2.45) is 0 Å². The van der Waals surface area contributed by atoms with Crippen molar-refractivity contribution in [3.63, 3.8) is 0 Å². The van der Waals surface area contributed by atoms with Crippen LogP contribution >= 0.6 is 11.8 Å². The van der Waals surface area contributed by atoms with Gasteiger partial charge in [0.2, 0.25) is 0 Å². The Morgan fingerprint density at radius 2 is 1.89 bits per heavy atom. The topological polar surface area (TPSA) is 55.2 Å². The minimum Gasteiger partial charge on any atom is -0.338 e. The summed E-state index contributed by atoms with van der Waals surface area (Å²) >= 11 is 1.57. The van der Waals surface area contributed by atoms with E-state index >= 15 is 0 Å². The predicted octanol–water partition coefficient (Wildman–Crippen LogP) is 1.37. The molecule has 3 heterocycles. The molecule has 0 unspecified atom stereocenters. The van der Waals surface area contributed by atoms with E-state index in [2.05, 4.69) is 4.98 Å². The zero-order valence-electron chi connectivity index (χ0n) is 10.8. The summed E-state index contributed by atoms with van der Waals surface area (Å²) in [5.41, 5.74) is 0.0531. The van der Waals surface area contributed by atoms with E-state index in [9.17, 15) is 9.59 Å². The predicted molar refractivity (Wildman–Crippen MR) is 73.6 cm³/mol. The summed E-state index contributed by atoms with van der Waals surface area (Å²) in [6.45, 7) is 2.18. The first kappa shape index (κ1) is 12.7. The molecule has 0 N–H and O–H groups in total. The maximum absolute atomic E-state index is 12.4. The fourth-order valence-corrected chi connectivity index (χ4v) is 3.52. The lowest BCUT2D eigenvalue weighted by Crippen LogP contribution is -2.37. The van der Waals surface area contributed by atoms with Gasteiger partial charge in [-0.1, -0.05) is 24.6 Å². The number of carbonyl (C=O) groups excluding carboxylic acids is 1. The SMILES string of the molecule is O=C(c1cnc2n(c1=O)CCS2)N1CCCCCC1. The molecule has 1 fully saturated rings. The summed E-state index contributed by atoms with van der Waals surface area (Å²) in [4.78, 5) is 30.8. The molecule has 1 aromatic rings. The van der Waals surface area contributed by atoms with Crippen molar-refractivity contribution in [3.8, 4) is 0 Å². The highest BCUT2D eigenvalue weighted by molar-refractivity contribution is 7.99. The molecule has 6 heteroatoms. The lowest BCUT2D eigenvalue weighted by molar-refractivity contribution is 0.0758. The molecule has 1 aromatic heterocycles. The Labute approximate surface area is 116 Å². The standard InChI is InChI=1S/C13H17N3O2S/c17-11(15-5-3-1-2-4-6-15)10-9-14-13-16(12(10)18)7-8-19-13/h9H,1-8H2. The van der Waals surface area contributed by atoms with E-state index in [1.54, 1.807) is 21.2 Å². The van der Waals surface area contributed by atoms with Gasteiger partial charge in [0.25, 0.3) is 11.5 Å². The Balaban J connectivity index is 1.89. The van der Waals surface area contributed by atoms with Crippen LogP contribution in [0.25, 0.3) is 0 Å². The molecule has 2 aliphatic rings. The van der Waals surface area contributed by atoms with Gasteiger partial charge in [-0.3, -0.25) is 14.2 Å². The van der Waals surface area contributed by atoms with Gasteiger partial charge in [0, 0.05) is 31.6 Å². The highest BCUT2D eigenvalue weighted by Crippen LogP contribution is 2.21. The molecule has 102 valence electrons. The van der Waals surface area contributed by atoms with E-state index in [1.165, 1.54) is 19.0 Å². The second-order valence-electron chi connectivity index (χ2n) is 4.97. The zero-order chi connectivity index (χ0) is 13.2. The van der Waals surface area contributed by atoms with E-state index in [0.717, 1.165) is 36.8 Å². The Morgan fingerprint density at radius 1 is 1.16 bits per heavy atom. The van der Waals surface area contributed by atoms with Crippen LogP contribution in [0.4, 0.5) is 0 Å². The van der Waals surface area contributed by atoms with Crippen LogP contribution in [0.1, 0.15) is 36.0 Å². The fourth-order valence-electron chi connectivity index (χ4n) is 2.61. The first-order valence-corrected chi connectivity index (χ1v) is 7.78. The molecule has 0 atom stereocenters. The maximum Gasteiger partial charge on any atom is 0.267 e. The Kier molecular flexibility index (Phi) is 3.59. The molecule has 0 saturated carbocycles. The van der Waals surface area contributed by atoms with E-state index in [0.29, 0.717) is 6.54 Å². The van der Waals surface area contributed by atoms with Crippen LogP contribution in [0.2, 0.25) is 0 Å². The van der Waals surface area contributed by atoms with E-state index in [1.807, 2.05) is 0 Å². The van der Waals surface area contributed by atoms with Crippen LogP contribution in [0.5, 0.6) is 0 Å². The van der Waals surface area contributed by atoms with Gasteiger partial charge in [-0.15, -0.1) is 0 Å². The Hall–Kier alpha value is -1.30. The third kappa shape index (κ3) is 2.41. The van der Waals surface area contributed by atoms with Gasteiger partial charge in [0.1, 0.15) is 5.56 Å². The van der Waals surface area contributed by atoms with Gasteiger partial charge in [-0.25, -0.2) is 4.98 Å². The first-order valence-electron chi connectivity index (χ1n) is 6.79. The average Bonchev–Trinajstić information content (AvgIpc) is 2.73. The number of fused-ring (bicyclic) bond motifs is 1. The number of carbonyl (C=O) groups is 1. The first-order chi connectivity index (χ1) is 9.27. The summed E-state index contributed by atoms with van der Waals surface area (Å²) in [6.07, 6.45) is 5.85. The summed E-state index contributed by atoms with van der Waals surface area (Å²) in [5.74, 6) is 0.718. The fraction of sp³-hybridized carbons (Fsp3) is 0.615. The third-order valence-corrected chi connectivity index (χ3v) is 4.65. The van der Waals surface area contributed by atoms with Crippen LogP contribution < -0.4 is 5.56 Å². The molecule has 19 heavy (non-hydrogen) atoms. The van der Waals surface area contributed by atoms with Crippen molar-refractivity contribution in [2.45, 2.75) is 37.4 Å². The third-order valence-electron chi connectivity index (χ3n) is 3.68. The quantitative estimate of drug-likeness (QED) is 0.729. The van der Waals surface area contributed by atoms with Crippen LogP contribution in [0.3, 0.4) is 0 Å². The molecular formula is C13H17N3O2S. The summed E-state index contributed by atoms with van der Waals surface area (Å²) < 4.78 is 1.62. The van der Waals surface area contributed by atoms with Crippen LogP contribution in [0.15, 0.2) is 16.1 Å². The number of rotatable bonds is 1. The monoisotopic (exact) mass is 279 g/mol. The van der Waals surface area contributed by atoms with Gasteiger partial charge in [-0.2, -0.15) is 0 Å². The molecule has 0 radical (unpaired) electrons. The van der Waals surface area contributed by atoms with Crippen LogP contribution in [-0.4, -0.2) is 39.2 Å².